The highest BCUT2D eigenvalue weighted by Crippen LogP contribution is 2.18. The zero-order valence-electron chi connectivity index (χ0n) is 9.99. The zero-order chi connectivity index (χ0) is 12.8. The molecule has 2 aromatic rings. The van der Waals surface area contributed by atoms with Gasteiger partial charge < -0.3 is 15.6 Å². The van der Waals surface area contributed by atoms with Crippen molar-refractivity contribution in [1.29, 1.82) is 0 Å². The zero-order valence-corrected chi connectivity index (χ0v) is 9.99. The number of benzene rings is 1. The van der Waals surface area contributed by atoms with Gasteiger partial charge in [0.05, 0.1) is 18.3 Å². The third-order valence-electron chi connectivity index (χ3n) is 2.60. The van der Waals surface area contributed by atoms with E-state index in [1.165, 1.54) is 0 Å². The summed E-state index contributed by atoms with van der Waals surface area (Å²) < 4.78 is 5.63. The summed E-state index contributed by atoms with van der Waals surface area (Å²) in [6.07, 6.45) is 1.73. The Balaban J connectivity index is 2.01. The van der Waals surface area contributed by atoms with Crippen molar-refractivity contribution in [2.45, 2.75) is 12.6 Å². The number of aromatic nitrogens is 1. The highest BCUT2D eigenvalue weighted by molar-refractivity contribution is 5.30. The number of hydrogen-bond donors (Lipinski definition) is 2. The van der Waals surface area contributed by atoms with Gasteiger partial charge in [-0.05, 0) is 29.8 Å². The van der Waals surface area contributed by atoms with Gasteiger partial charge in [-0.2, -0.15) is 0 Å². The highest BCUT2D eigenvalue weighted by Gasteiger charge is 2.05. The molecule has 4 nitrogen and oxygen atoms in total. The SMILES string of the molecule is N[C@H](CO)c1cccc(OCc2ccccn2)c1. The molecule has 0 aliphatic rings. The van der Waals surface area contributed by atoms with Crippen molar-refractivity contribution in [3.63, 3.8) is 0 Å². The third-order valence-corrected chi connectivity index (χ3v) is 2.60. The summed E-state index contributed by atoms with van der Waals surface area (Å²) in [7, 11) is 0. The summed E-state index contributed by atoms with van der Waals surface area (Å²) in [6, 6.07) is 12.7. The van der Waals surface area contributed by atoms with Crippen LogP contribution in [0.3, 0.4) is 0 Å². The van der Waals surface area contributed by atoms with Crippen molar-refractivity contribution in [2.75, 3.05) is 6.61 Å². The third kappa shape index (κ3) is 3.29. The second kappa shape index (κ2) is 6.14. The van der Waals surface area contributed by atoms with E-state index in [1.54, 1.807) is 6.20 Å². The van der Waals surface area contributed by atoms with Gasteiger partial charge in [-0.25, -0.2) is 0 Å². The molecule has 0 radical (unpaired) electrons. The van der Waals surface area contributed by atoms with Crippen molar-refractivity contribution in [2.24, 2.45) is 5.73 Å². The summed E-state index contributed by atoms with van der Waals surface area (Å²) in [4.78, 5) is 4.18. The number of nitrogens with two attached hydrogens (primary N) is 1. The number of nitrogens with zero attached hydrogens (tertiary/aromatic N) is 1. The van der Waals surface area contributed by atoms with E-state index in [0.29, 0.717) is 6.61 Å². The van der Waals surface area contributed by atoms with Crippen molar-refractivity contribution in [3.05, 3.63) is 59.9 Å². The Morgan fingerprint density at radius 2 is 2.11 bits per heavy atom. The maximum atomic E-state index is 9.01. The second-order valence-electron chi connectivity index (χ2n) is 3.97. The molecule has 2 rings (SSSR count). The van der Waals surface area contributed by atoms with Crippen LogP contribution in [0.1, 0.15) is 17.3 Å². The van der Waals surface area contributed by atoms with Crippen LogP contribution in [0.25, 0.3) is 0 Å². The van der Waals surface area contributed by atoms with E-state index in [4.69, 9.17) is 15.6 Å². The summed E-state index contributed by atoms with van der Waals surface area (Å²) in [5.74, 6) is 0.724. The van der Waals surface area contributed by atoms with Crippen LogP contribution in [0.15, 0.2) is 48.7 Å². The van der Waals surface area contributed by atoms with E-state index in [2.05, 4.69) is 4.98 Å². The van der Waals surface area contributed by atoms with Crippen LogP contribution in [0.4, 0.5) is 0 Å². The molecule has 0 saturated heterocycles. The van der Waals surface area contributed by atoms with Crippen molar-refractivity contribution >= 4 is 0 Å². The van der Waals surface area contributed by atoms with Gasteiger partial charge in [0.25, 0.3) is 0 Å². The van der Waals surface area contributed by atoms with Crippen molar-refractivity contribution < 1.29 is 9.84 Å². The first kappa shape index (κ1) is 12.5. The van der Waals surface area contributed by atoms with E-state index < -0.39 is 0 Å². The van der Waals surface area contributed by atoms with E-state index in [-0.39, 0.29) is 12.6 Å². The molecule has 1 atom stereocenters. The first-order valence-electron chi connectivity index (χ1n) is 5.78. The molecule has 0 fully saturated rings. The number of hydrogen-bond acceptors (Lipinski definition) is 4. The summed E-state index contributed by atoms with van der Waals surface area (Å²) in [5.41, 5.74) is 7.48. The minimum Gasteiger partial charge on any atom is -0.487 e. The number of aliphatic hydroxyl groups is 1. The quantitative estimate of drug-likeness (QED) is 0.839. The van der Waals surface area contributed by atoms with E-state index >= 15 is 0 Å². The van der Waals surface area contributed by atoms with Gasteiger partial charge in [0.1, 0.15) is 12.4 Å². The molecule has 1 aromatic heterocycles. The number of pyridine rings is 1. The fourth-order valence-electron chi connectivity index (χ4n) is 1.58. The normalized spacial score (nSPS) is 12.1. The maximum absolute atomic E-state index is 9.01. The van der Waals surface area contributed by atoms with E-state index in [1.807, 2.05) is 42.5 Å². The molecular formula is C14H16N2O2. The smallest absolute Gasteiger partial charge is 0.130 e. The molecule has 18 heavy (non-hydrogen) atoms. The van der Waals surface area contributed by atoms with Crippen LogP contribution in [0, 0.1) is 0 Å². The molecule has 4 heteroatoms. The van der Waals surface area contributed by atoms with Gasteiger partial charge in [0.15, 0.2) is 0 Å². The Hall–Kier alpha value is -1.91. The van der Waals surface area contributed by atoms with Crippen molar-refractivity contribution in [1.82, 2.24) is 4.98 Å². The molecule has 94 valence electrons. The molecule has 1 heterocycles. The Labute approximate surface area is 106 Å². The molecule has 0 saturated carbocycles. The minimum atomic E-state index is -0.372. The largest absolute Gasteiger partial charge is 0.487 e. The topological polar surface area (TPSA) is 68.4 Å². The lowest BCUT2D eigenvalue weighted by Crippen LogP contribution is -2.14. The van der Waals surface area contributed by atoms with Crippen molar-refractivity contribution in [3.8, 4) is 5.75 Å². The fourth-order valence-corrected chi connectivity index (χ4v) is 1.58. The van der Waals surface area contributed by atoms with Crippen LogP contribution < -0.4 is 10.5 Å². The van der Waals surface area contributed by atoms with E-state index in [0.717, 1.165) is 17.0 Å². The van der Waals surface area contributed by atoms with Gasteiger partial charge in [0.2, 0.25) is 0 Å². The molecule has 0 bridgehead atoms. The molecular weight excluding hydrogens is 228 g/mol. The summed E-state index contributed by atoms with van der Waals surface area (Å²) >= 11 is 0. The Kier molecular flexibility index (Phi) is 4.28. The molecule has 3 N–H and O–H groups in total. The highest BCUT2D eigenvalue weighted by atomic mass is 16.5. The predicted molar refractivity (Wildman–Crippen MR) is 69.0 cm³/mol. The van der Waals surface area contributed by atoms with Gasteiger partial charge >= 0.3 is 0 Å². The van der Waals surface area contributed by atoms with E-state index in [9.17, 15) is 0 Å². The van der Waals surface area contributed by atoms with Gasteiger partial charge in [-0.15, -0.1) is 0 Å². The molecule has 0 amide bonds. The molecule has 0 unspecified atom stereocenters. The number of ether oxygens (including phenoxy) is 1. The summed E-state index contributed by atoms with van der Waals surface area (Å²) in [6.45, 7) is 0.336. The van der Waals surface area contributed by atoms with Crippen LogP contribution >= 0.6 is 0 Å². The van der Waals surface area contributed by atoms with Gasteiger partial charge in [-0.3, -0.25) is 4.98 Å². The first-order valence-corrected chi connectivity index (χ1v) is 5.78. The Bertz CT molecular complexity index is 488. The average Bonchev–Trinajstić information content (AvgIpc) is 2.45. The van der Waals surface area contributed by atoms with Crippen LogP contribution in [-0.4, -0.2) is 16.7 Å². The Morgan fingerprint density at radius 1 is 1.22 bits per heavy atom. The van der Waals surface area contributed by atoms with Gasteiger partial charge in [0, 0.05) is 6.20 Å². The first-order chi connectivity index (χ1) is 8.79. The fraction of sp³-hybridized carbons (Fsp3) is 0.214. The van der Waals surface area contributed by atoms with Crippen LogP contribution in [0.5, 0.6) is 5.75 Å². The predicted octanol–water partition coefficient (Wildman–Crippen LogP) is 1.65. The summed E-state index contributed by atoms with van der Waals surface area (Å²) in [5, 5.41) is 9.01. The van der Waals surface area contributed by atoms with Crippen LogP contribution in [-0.2, 0) is 6.61 Å². The lowest BCUT2D eigenvalue weighted by Gasteiger charge is -2.11. The molecule has 0 aliphatic carbocycles. The van der Waals surface area contributed by atoms with Gasteiger partial charge in [-0.1, -0.05) is 18.2 Å². The minimum absolute atomic E-state index is 0.0797. The van der Waals surface area contributed by atoms with Crippen LogP contribution in [0.2, 0.25) is 0 Å². The molecule has 0 spiro atoms. The standard InChI is InChI=1S/C14H16N2O2/c15-14(9-17)11-4-3-6-13(8-11)18-10-12-5-1-2-7-16-12/h1-8,14,17H,9-10,15H2/t14-/m1/s1. The lowest BCUT2D eigenvalue weighted by atomic mass is 10.1. The second-order valence-corrected chi connectivity index (χ2v) is 3.97. The monoisotopic (exact) mass is 244 g/mol. The Morgan fingerprint density at radius 3 is 2.83 bits per heavy atom. The molecule has 1 aromatic carbocycles. The number of aliphatic hydroxyl groups excluding tert-OH is 1. The number of rotatable bonds is 5. The lowest BCUT2D eigenvalue weighted by molar-refractivity contribution is 0.267. The molecule has 0 aliphatic heterocycles. The maximum Gasteiger partial charge on any atom is 0.130 e. The average molecular weight is 244 g/mol.